The second-order valence-corrected chi connectivity index (χ2v) is 7.10. The molecule has 2 fully saturated rings. The molecule has 0 radical (unpaired) electrons. The van der Waals surface area contributed by atoms with Crippen LogP contribution in [0.1, 0.15) is 37.4 Å². The Kier molecular flexibility index (Phi) is 5.01. The van der Waals surface area contributed by atoms with Gasteiger partial charge in [0, 0.05) is 5.56 Å². The molecule has 5 atom stereocenters. The Morgan fingerprint density at radius 3 is 2.32 bits per heavy atom. The molecular formula is C18H23F3O4. The first-order valence-corrected chi connectivity index (χ1v) is 8.45. The summed E-state index contributed by atoms with van der Waals surface area (Å²) < 4.78 is 50.2. The third-order valence-corrected chi connectivity index (χ3v) is 5.53. The second kappa shape index (κ2) is 6.78. The molecule has 7 heteroatoms. The van der Waals surface area contributed by atoms with Crippen LogP contribution in [-0.2, 0) is 4.74 Å². The number of fused-ring (bicyclic) bond motifs is 1. The van der Waals surface area contributed by atoms with Crippen LogP contribution < -0.4 is 4.74 Å². The van der Waals surface area contributed by atoms with Gasteiger partial charge in [-0.05, 0) is 43.6 Å². The maximum atomic E-state index is 13.0. The van der Waals surface area contributed by atoms with Crippen molar-refractivity contribution >= 4 is 0 Å². The number of para-hydroxylation sites is 1. The molecule has 1 aromatic carbocycles. The van der Waals surface area contributed by atoms with E-state index in [1.165, 1.54) is 7.11 Å². The number of aliphatic hydroxyl groups excluding tert-OH is 1. The summed E-state index contributed by atoms with van der Waals surface area (Å²) in [5.41, 5.74) is -1.84. The van der Waals surface area contributed by atoms with Gasteiger partial charge in [0.1, 0.15) is 11.9 Å². The average molecular weight is 360 g/mol. The lowest BCUT2D eigenvalue weighted by molar-refractivity contribution is -0.260. The van der Waals surface area contributed by atoms with Crippen LogP contribution in [0.15, 0.2) is 24.3 Å². The first kappa shape index (κ1) is 18.5. The Hall–Kier alpha value is -1.31. The van der Waals surface area contributed by atoms with E-state index in [2.05, 4.69) is 0 Å². The van der Waals surface area contributed by atoms with E-state index in [0.717, 1.165) is 5.56 Å². The first-order chi connectivity index (χ1) is 11.8. The normalized spacial score (nSPS) is 33.3. The van der Waals surface area contributed by atoms with Crippen molar-refractivity contribution in [2.24, 2.45) is 11.8 Å². The number of halogens is 3. The summed E-state index contributed by atoms with van der Waals surface area (Å²) in [7, 11) is 1.53. The molecule has 0 aromatic heterocycles. The van der Waals surface area contributed by atoms with Crippen molar-refractivity contribution in [1.29, 1.82) is 0 Å². The van der Waals surface area contributed by atoms with Crippen LogP contribution in [0.2, 0.25) is 0 Å². The zero-order valence-electron chi connectivity index (χ0n) is 14.0. The summed E-state index contributed by atoms with van der Waals surface area (Å²) in [6.07, 6.45) is -4.99. The first-order valence-electron chi connectivity index (χ1n) is 8.45. The highest BCUT2D eigenvalue weighted by Gasteiger charge is 2.61. The third kappa shape index (κ3) is 3.50. The molecule has 0 saturated heterocycles. The van der Waals surface area contributed by atoms with Gasteiger partial charge < -0.3 is 19.7 Å². The van der Waals surface area contributed by atoms with Crippen molar-refractivity contribution in [1.82, 2.24) is 0 Å². The molecule has 25 heavy (non-hydrogen) atoms. The Labute approximate surface area is 144 Å². The van der Waals surface area contributed by atoms with Gasteiger partial charge in [0.25, 0.3) is 0 Å². The SMILES string of the molecule is COc1ccccc1C(CO)OC1C[C@@H]2CC(O)(C(F)(F)F)C[C@@H]2C1. The van der Waals surface area contributed by atoms with Gasteiger partial charge in [-0.3, -0.25) is 0 Å². The number of aliphatic hydroxyl groups is 2. The number of hydrogen-bond donors (Lipinski definition) is 2. The summed E-state index contributed by atoms with van der Waals surface area (Å²) in [5, 5.41) is 19.6. The number of hydrogen-bond acceptors (Lipinski definition) is 4. The minimum Gasteiger partial charge on any atom is -0.496 e. The Balaban J connectivity index is 1.65. The van der Waals surface area contributed by atoms with Gasteiger partial charge in [0.05, 0.1) is 19.8 Å². The molecular weight excluding hydrogens is 337 g/mol. The van der Waals surface area contributed by atoms with Gasteiger partial charge in [-0.15, -0.1) is 0 Å². The summed E-state index contributed by atoms with van der Waals surface area (Å²) in [6, 6.07) is 7.21. The molecule has 140 valence electrons. The van der Waals surface area contributed by atoms with Gasteiger partial charge in [0.2, 0.25) is 0 Å². The van der Waals surface area contributed by atoms with Gasteiger partial charge in [-0.2, -0.15) is 13.2 Å². The number of methoxy groups -OCH3 is 1. The van der Waals surface area contributed by atoms with E-state index in [-0.39, 0.29) is 37.4 Å². The summed E-state index contributed by atoms with van der Waals surface area (Å²) in [6.45, 7) is -0.237. The molecule has 0 aliphatic heterocycles. The number of benzene rings is 1. The standard InChI is InChI=1S/C18H23F3O4/c1-24-15-5-3-2-4-14(15)16(10-22)25-13-6-11-8-17(23,18(19,20)21)9-12(11)7-13/h2-5,11-13,16,22-23H,6-10H2,1H3/t11-,12+,13?,16?,17?. The zero-order valence-corrected chi connectivity index (χ0v) is 14.0. The van der Waals surface area contributed by atoms with Crippen LogP contribution in [0.25, 0.3) is 0 Å². The molecule has 0 amide bonds. The van der Waals surface area contributed by atoms with E-state index in [1.54, 1.807) is 12.1 Å². The molecule has 3 rings (SSSR count). The average Bonchev–Trinajstić information content (AvgIpc) is 3.07. The van der Waals surface area contributed by atoms with Crippen molar-refractivity contribution in [3.8, 4) is 5.75 Å². The van der Waals surface area contributed by atoms with E-state index in [4.69, 9.17) is 9.47 Å². The zero-order chi connectivity index (χ0) is 18.2. The molecule has 2 N–H and O–H groups in total. The Morgan fingerprint density at radius 1 is 1.20 bits per heavy atom. The molecule has 4 nitrogen and oxygen atoms in total. The van der Waals surface area contributed by atoms with E-state index >= 15 is 0 Å². The molecule has 2 aliphatic rings. The molecule has 3 unspecified atom stereocenters. The van der Waals surface area contributed by atoms with Gasteiger partial charge in [-0.1, -0.05) is 18.2 Å². The predicted molar refractivity (Wildman–Crippen MR) is 84.1 cm³/mol. The van der Waals surface area contributed by atoms with Gasteiger partial charge in [-0.25, -0.2) is 0 Å². The van der Waals surface area contributed by atoms with Crippen LogP contribution in [0, 0.1) is 11.8 Å². The third-order valence-electron chi connectivity index (χ3n) is 5.53. The predicted octanol–water partition coefficient (Wildman–Crippen LogP) is 3.23. The highest BCUT2D eigenvalue weighted by atomic mass is 19.4. The quantitative estimate of drug-likeness (QED) is 0.847. The molecule has 0 bridgehead atoms. The lowest BCUT2D eigenvalue weighted by Crippen LogP contribution is -2.43. The van der Waals surface area contributed by atoms with Crippen LogP contribution in [-0.4, -0.2) is 41.8 Å². The monoisotopic (exact) mass is 360 g/mol. The van der Waals surface area contributed by atoms with Crippen molar-refractivity contribution in [3.63, 3.8) is 0 Å². The van der Waals surface area contributed by atoms with E-state index in [9.17, 15) is 23.4 Å². The van der Waals surface area contributed by atoms with Crippen LogP contribution in [0.4, 0.5) is 13.2 Å². The topological polar surface area (TPSA) is 58.9 Å². The van der Waals surface area contributed by atoms with Crippen molar-refractivity contribution in [2.75, 3.05) is 13.7 Å². The highest BCUT2D eigenvalue weighted by Crippen LogP contribution is 2.55. The number of alkyl halides is 3. The second-order valence-electron chi connectivity index (χ2n) is 7.10. The lowest BCUT2D eigenvalue weighted by Gasteiger charge is -2.28. The summed E-state index contributed by atoms with van der Waals surface area (Å²) >= 11 is 0. The van der Waals surface area contributed by atoms with Crippen molar-refractivity contribution in [2.45, 2.75) is 49.7 Å². The van der Waals surface area contributed by atoms with Crippen molar-refractivity contribution in [3.05, 3.63) is 29.8 Å². The fraction of sp³-hybridized carbons (Fsp3) is 0.667. The van der Waals surface area contributed by atoms with E-state index in [0.29, 0.717) is 18.6 Å². The van der Waals surface area contributed by atoms with E-state index in [1.807, 2.05) is 12.1 Å². The smallest absolute Gasteiger partial charge is 0.417 e. The molecule has 0 heterocycles. The maximum absolute atomic E-state index is 13.0. The maximum Gasteiger partial charge on any atom is 0.417 e. The molecule has 2 saturated carbocycles. The highest BCUT2D eigenvalue weighted by molar-refractivity contribution is 5.35. The van der Waals surface area contributed by atoms with E-state index < -0.39 is 17.9 Å². The van der Waals surface area contributed by atoms with Crippen molar-refractivity contribution < 1.29 is 32.9 Å². The molecule has 0 spiro atoms. The fourth-order valence-corrected chi connectivity index (χ4v) is 4.33. The van der Waals surface area contributed by atoms with Crippen LogP contribution >= 0.6 is 0 Å². The summed E-state index contributed by atoms with van der Waals surface area (Å²) in [4.78, 5) is 0. The van der Waals surface area contributed by atoms with Gasteiger partial charge >= 0.3 is 6.18 Å². The Bertz CT molecular complexity index is 590. The number of rotatable bonds is 5. The van der Waals surface area contributed by atoms with Gasteiger partial charge in [0.15, 0.2) is 5.60 Å². The minimum atomic E-state index is -4.58. The number of ether oxygens (including phenoxy) is 2. The fourth-order valence-electron chi connectivity index (χ4n) is 4.33. The lowest BCUT2D eigenvalue weighted by atomic mass is 9.97. The minimum absolute atomic E-state index is 0.200. The summed E-state index contributed by atoms with van der Waals surface area (Å²) in [5.74, 6) is 0.202. The van der Waals surface area contributed by atoms with Crippen LogP contribution in [0.3, 0.4) is 0 Å². The molecule has 2 aliphatic carbocycles. The van der Waals surface area contributed by atoms with Crippen LogP contribution in [0.5, 0.6) is 5.75 Å². The molecule has 1 aromatic rings. The Morgan fingerprint density at radius 2 is 1.80 bits per heavy atom. The largest absolute Gasteiger partial charge is 0.496 e.